The van der Waals surface area contributed by atoms with E-state index >= 15 is 0 Å². The van der Waals surface area contributed by atoms with Crippen molar-refractivity contribution in [2.45, 2.75) is 91.9 Å². The van der Waals surface area contributed by atoms with Gasteiger partial charge in [0.15, 0.2) is 0 Å². The summed E-state index contributed by atoms with van der Waals surface area (Å²) in [7, 11) is 0. The Morgan fingerprint density at radius 1 is 0.778 bits per heavy atom. The Labute approximate surface area is 271 Å². The lowest BCUT2D eigenvalue weighted by Gasteiger charge is -2.28. The number of carbonyl (C=O) groups is 1. The van der Waals surface area contributed by atoms with E-state index in [4.69, 9.17) is 9.47 Å². The highest BCUT2D eigenvalue weighted by Crippen LogP contribution is 2.32. The van der Waals surface area contributed by atoms with Crippen LogP contribution in [0, 0.1) is 5.41 Å². The molecular weight excluding hydrogens is 560 g/mol. The van der Waals surface area contributed by atoms with Crippen LogP contribution in [0.2, 0.25) is 0 Å². The number of hydrogen-bond donors (Lipinski definition) is 2. The molecule has 244 valence electrons. The van der Waals surface area contributed by atoms with Crippen LogP contribution in [0.4, 0.5) is 0 Å². The number of hydrogen-bond acceptors (Lipinski definition) is 5. The Morgan fingerprint density at radius 3 is 2.07 bits per heavy atom. The molecule has 0 fully saturated rings. The van der Waals surface area contributed by atoms with Crippen molar-refractivity contribution >= 4 is 5.97 Å². The molecule has 2 N–H and O–H groups in total. The van der Waals surface area contributed by atoms with Gasteiger partial charge in [0.1, 0.15) is 5.75 Å². The average Bonchev–Trinajstić information content (AvgIpc) is 3.07. The van der Waals surface area contributed by atoms with Crippen molar-refractivity contribution in [2.24, 2.45) is 5.41 Å². The highest BCUT2D eigenvalue weighted by molar-refractivity contribution is 5.86. The largest absolute Gasteiger partial charge is 0.493 e. The Bertz CT molecular complexity index is 1350. The summed E-state index contributed by atoms with van der Waals surface area (Å²) in [6.45, 7) is 12.1. The molecule has 0 aliphatic carbocycles. The first kappa shape index (κ1) is 36.1. The Balaban J connectivity index is 1.76. The molecule has 3 aromatic rings. The monoisotopic (exact) mass is 614 g/mol. The van der Waals surface area contributed by atoms with Gasteiger partial charge in [-0.25, -0.2) is 4.79 Å². The average molecular weight is 615 g/mol. The smallest absolute Gasteiger partial charge is 0.333 e. The minimum Gasteiger partial charge on any atom is -0.493 e. The number of unbranched alkanes of at least 4 members (excludes halogenated alkanes) is 2. The number of rotatable bonds is 20. The van der Waals surface area contributed by atoms with Gasteiger partial charge in [-0.3, -0.25) is 0 Å². The first-order chi connectivity index (χ1) is 21.8. The van der Waals surface area contributed by atoms with Crippen molar-refractivity contribution in [2.75, 3.05) is 26.4 Å². The molecular formula is C40H54O5. The third-order valence-electron chi connectivity index (χ3n) is 8.98. The molecule has 0 heterocycles. The van der Waals surface area contributed by atoms with E-state index in [9.17, 15) is 15.0 Å². The molecule has 5 heteroatoms. The predicted octanol–water partition coefficient (Wildman–Crippen LogP) is 8.25. The standard InChI is InChI=1S/C40H54O5/c1-6-9-10-11-31-12-14-32(15-13-31)16-17-33-18-20-37(34(7-2)26-33)35-19-21-38(44-25-23-40(8-3,28-41)29-42)36(27-35)22-24-45-39(43)30(4)5/h12-15,18-21,26-27,41-42H,4,6-11,16-17,22-25,28-29H2,1-3,5H3. The van der Waals surface area contributed by atoms with Gasteiger partial charge < -0.3 is 19.7 Å². The Kier molecular flexibility index (Phi) is 14.9. The summed E-state index contributed by atoms with van der Waals surface area (Å²) < 4.78 is 11.6. The molecule has 0 spiro atoms. The zero-order valence-electron chi connectivity index (χ0n) is 28.0. The maximum atomic E-state index is 12.0. The fourth-order valence-electron chi connectivity index (χ4n) is 5.56. The van der Waals surface area contributed by atoms with Gasteiger partial charge in [-0.05, 0) is 103 Å². The number of aryl methyl sites for hydroxylation is 4. The first-order valence-electron chi connectivity index (χ1n) is 16.8. The molecule has 3 rings (SSSR count). The zero-order valence-corrected chi connectivity index (χ0v) is 28.0. The molecule has 0 aliphatic heterocycles. The second-order valence-electron chi connectivity index (χ2n) is 12.4. The molecule has 0 aromatic heterocycles. The molecule has 5 nitrogen and oxygen atoms in total. The van der Waals surface area contributed by atoms with Crippen molar-refractivity contribution in [3.8, 4) is 16.9 Å². The van der Waals surface area contributed by atoms with Gasteiger partial charge in [0.05, 0.1) is 26.4 Å². The molecule has 0 saturated heterocycles. The molecule has 3 aromatic carbocycles. The fourth-order valence-corrected chi connectivity index (χ4v) is 5.56. The number of carbonyl (C=O) groups excluding carboxylic acids is 1. The lowest BCUT2D eigenvalue weighted by atomic mass is 9.84. The van der Waals surface area contributed by atoms with Crippen LogP contribution in [0.3, 0.4) is 0 Å². The van der Waals surface area contributed by atoms with E-state index in [1.807, 2.05) is 13.0 Å². The van der Waals surface area contributed by atoms with Crippen molar-refractivity contribution in [1.82, 2.24) is 0 Å². The Morgan fingerprint density at radius 2 is 1.44 bits per heavy atom. The van der Waals surface area contributed by atoms with Crippen LogP contribution in [-0.4, -0.2) is 42.6 Å². The second-order valence-corrected chi connectivity index (χ2v) is 12.4. The van der Waals surface area contributed by atoms with Gasteiger partial charge >= 0.3 is 5.97 Å². The lowest BCUT2D eigenvalue weighted by molar-refractivity contribution is -0.138. The number of aliphatic hydroxyl groups excluding tert-OH is 2. The molecule has 0 amide bonds. The number of esters is 1. The SMILES string of the molecule is C=C(C)C(=O)OCCc1cc(-c2ccc(CCc3ccc(CCCCC)cc3)cc2CC)ccc1OCCC(CC)(CO)CO. The summed E-state index contributed by atoms with van der Waals surface area (Å²) >= 11 is 0. The maximum absolute atomic E-state index is 12.0. The molecule has 45 heavy (non-hydrogen) atoms. The lowest BCUT2D eigenvalue weighted by Crippen LogP contribution is -2.31. The van der Waals surface area contributed by atoms with Gasteiger partial charge in [0.25, 0.3) is 0 Å². The van der Waals surface area contributed by atoms with E-state index in [2.05, 4.69) is 75.0 Å². The molecule has 0 radical (unpaired) electrons. The summed E-state index contributed by atoms with van der Waals surface area (Å²) in [4.78, 5) is 12.0. The summed E-state index contributed by atoms with van der Waals surface area (Å²) in [5.74, 6) is 0.316. The predicted molar refractivity (Wildman–Crippen MR) is 185 cm³/mol. The van der Waals surface area contributed by atoms with Crippen LogP contribution in [0.15, 0.2) is 72.8 Å². The van der Waals surface area contributed by atoms with E-state index in [0.717, 1.165) is 42.6 Å². The van der Waals surface area contributed by atoms with Crippen molar-refractivity contribution in [3.63, 3.8) is 0 Å². The minimum absolute atomic E-state index is 0.0901. The molecule has 0 bridgehead atoms. The number of aliphatic hydroxyl groups is 2. The maximum Gasteiger partial charge on any atom is 0.333 e. The molecule has 0 saturated carbocycles. The number of benzene rings is 3. The quantitative estimate of drug-likeness (QED) is 0.0762. The van der Waals surface area contributed by atoms with Crippen LogP contribution in [0.1, 0.15) is 87.6 Å². The van der Waals surface area contributed by atoms with Gasteiger partial charge in [0.2, 0.25) is 0 Å². The van der Waals surface area contributed by atoms with Crippen LogP contribution in [0.25, 0.3) is 11.1 Å². The van der Waals surface area contributed by atoms with Crippen molar-refractivity contribution < 1.29 is 24.5 Å². The minimum atomic E-state index is -0.563. The van der Waals surface area contributed by atoms with E-state index in [-0.39, 0.29) is 19.8 Å². The summed E-state index contributed by atoms with van der Waals surface area (Å²) in [6, 6.07) is 22.1. The highest BCUT2D eigenvalue weighted by atomic mass is 16.5. The highest BCUT2D eigenvalue weighted by Gasteiger charge is 2.26. The Hall–Kier alpha value is -3.41. The molecule has 0 unspecified atom stereocenters. The summed E-state index contributed by atoms with van der Waals surface area (Å²) in [5, 5.41) is 19.7. The van der Waals surface area contributed by atoms with Crippen LogP contribution < -0.4 is 4.74 Å². The van der Waals surface area contributed by atoms with Crippen LogP contribution in [0.5, 0.6) is 5.75 Å². The fraction of sp³-hybridized carbons (Fsp3) is 0.475. The third kappa shape index (κ3) is 10.9. The summed E-state index contributed by atoms with van der Waals surface area (Å²) in [5.41, 5.74) is 8.48. The van der Waals surface area contributed by atoms with E-state index in [0.29, 0.717) is 31.4 Å². The second kappa shape index (κ2) is 18.5. The topological polar surface area (TPSA) is 76.0 Å². The van der Waals surface area contributed by atoms with E-state index in [1.165, 1.54) is 47.1 Å². The van der Waals surface area contributed by atoms with Gasteiger partial charge in [-0.15, -0.1) is 0 Å². The zero-order chi connectivity index (χ0) is 32.7. The van der Waals surface area contributed by atoms with Gasteiger partial charge in [-0.2, -0.15) is 0 Å². The van der Waals surface area contributed by atoms with Crippen molar-refractivity contribution in [1.29, 1.82) is 0 Å². The third-order valence-corrected chi connectivity index (χ3v) is 8.98. The van der Waals surface area contributed by atoms with Gasteiger partial charge in [0, 0.05) is 17.4 Å². The van der Waals surface area contributed by atoms with Crippen LogP contribution >= 0.6 is 0 Å². The molecule has 0 atom stereocenters. The van der Waals surface area contributed by atoms with E-state index < -0.39 is 11.4 Å². The normalized spacial score (nSPS) is 11.4. The van der Waals surface area contributed by atoms with E-state index in [1.54, 1.807) is 6.92 Å². The van der Waals surface area contributed by atoms with Gasteiger partial charge in [-0.1, -0.05) is 88.7 Å². The first-order valence-corrected chi connectivity index (χ1v) is 16.8. The number of ether oxygens (including phenoxy) is 2. The van der Waals surface area contributed by atoms with Crippen LogP contribution in [-0.2, 0) is 41.6 Å². The van der Waals surface area contributed by atoms with Crippen molar-refractivity contribution in [3.05, 3.63) is 101 Å². The summed E-state index contributed by atoms with van der Waals surface area (Å²) in [6.07, 6.45) is 9.59. The molecule has 0 aliphatic rings.